The third kappa shape index (κ3) is 1.85. The summed E-state index contributed by atoms with van der Waals surface area (Å²) in [6, 6.07) is 2.14. The van der Waals surface area contributed by atoms with Crippen molar-refractivity contribution in [2.24, 2.45) is 5.73 Å². The SMILES string of the molecule is CCn1c(CC(C)N)nc2cnccc21. The van der Waals surface area contributed by atoms with E-state index in [4.69, 9.17) is 5.73 Å². The number of aryl methyl sites for hydroxylation is 1. The Labute approximate surface area is 89.1 Å². The Morgan fingerprint density at radius 1 is 1.53 bits per heavy atom. The van der Waals surface area contributed by atoms with Gasteiger partial charge >= 0.3 is 0 Å². The molecule has 0 bridgehead atoms. The van der Waals surface area contributed by atoms with Crippen molar-refractivity contribution in [1.29, 1.82) is 0 Å². The van der Waals surface area contributed by atoms with Crippen LogP contribution in [-0.4, -0.2) is 20.6 Å². The van der Waals surface area contributed by atoms with E-state index in [0.717, 1.165) is 29.8 Å². The molecule has 1 atom stereocenters. The van der Waals surface area contributed by atoms with Crippen LogP contribution >= 0.6 is 0 Å². The summed E-state index contributed by atoms with van der Waals surface area (Å²) < 4.78 is 2.19. The predicted molar refractivity (Wildman–Crippen MR) is 60.6 cm³/mol. The van der Waals surface area contributed by atoms with E-state index in [0.29, 0.717) is 0 Å². The van der Waals surface area contributed by atoms with Crippen molar-refractivity contribution in [3.8, 4) is 0 Å². The van der Waals surface area contributed by atoms with Gasteiger partial charge in [0.15, 0.2) is 0 Å². The smallest absolute Gasteiger partial charge is 0.111 e. The summed E-state index contributed by atoms with van der Waals surface area (Å²) in [5, 5.41) is 0. The molecule has 2 rings (SSSR count). The molecule has 0 spiro atoms. The first-order valence-electron chi connectivity index (χ1n) is 5.27. The van der Waals surface area contributed by atoms with Crippen LogP contribution in [0.2, 0.25) is 0 Å². The molecule has 0 saturated carbocycles. The second-order valence-electron chi connectivity index (χ2n) is 3.82. The zero-order chi connectivity index (χ0) is 10.8. The largest absolute Gasteiger partial charge is 0.328 e. The van der Waals surface area contributed by atoms with Gasteiger partial charge in [-0.3, -0.25) is 4.98 Å². The summed E-state index contributed by atoms with van der Waals surface area (Å²) in [5.41, 5.74) is 7.90. The van der Waals surface area contributed by atoms with Crippen molar-refractivity contribution in [3.63, 3.8) is 0 Å². The van der Waals surface area contributed by atoms with Crippen LogP contribution in [0.4, 0.5) is 0 Å². The molecule has 1 unspecified atom stereocenters. The molecule has 0 aromatic carbocycles. The lowest BCUT2D eigenvalue weighted by Crippen LogP contribution is -2.20. The van der Waals surface area contributed by atoms with Crippen LogP contribution in [0.1, 0.15) is 19.7 Å². The second-order valence-corrected chi connectivity index (χ2v) is 3.82. The monoisotopic (exact) mass is 204 g/mol. The van der Waals surface area contributed by atoms with Crippen molar-refractivity contribution < 1.29 is 0 Å². The van der Waals surface area contributed by atoms with Crippen LogP contribution in [0, 0.1) is 0 Å². The third-order valence-electron chi connectivity index (χ3n) is 2.45. The summed E-state index contributed by atoms with van der Waals surface area (Å²) >= 11 is 0. The molecule has 0 fully saturated rings. The number of imidazole rings is 1. The average molecular weight is 204 g/mol. The molecule has 2 aromatic rings. The maximum absolute atomic E-state index is 5.80. The highest BCUT2D eigenvalue weighted by Gasteiger charge is 2.10. The lowest BCUT2D eigenvalue weighted by molar-refractivity contribution is 0.647. The molecule has 4 nitrogen and oxygen atoms in total. The topological polar surface area (TPSA) is 56.7 Å². The first-order chi connectivity index (χ1) is 7.22. The Morgan fingerprint density at radius 3 is 3.00 bits per heavy atom. The van der Waals surface area contributed by atoms with E-state index >= 15 is 0 Å². The summed E-state index contributed by atoms with van der Waals surface area (Å²) in [6.07, 6.45) is 4.40. The van der Waals surface area contributed by atoms with Crippen LogP contribution in [0.3, 0.4) is 0 Å². The van der Waals surface area contributed by atoms with Gasteiger partial charge < -0.3 is 10.3 Å². The molecule has 0 radical (unpaired) electrons. The third-order valence-corrected chi connectivity index (χ3v) is 2.45. The molecule has 0 saturated heterocycles. The zero-order valence-corrected chi connectivity index (χ0v) is 9.14. The number of hydrogen-bond acceptors (Lipinski definition) is 3. The normalized spacial score (nSPS) is 13.3. The molecular formula is C11H16N4. The molecule has 0 aliphatic carbocycles. The number of pyridine rings is 1. The van der Waals surface area contributed by atoms with Gasteiger partial charge in [-0.2, -0.15) is 0 Å². The van der Waals surface area contributed by atoms with E-state index in [-0.39, 0.29) is 6.04 Å². The molecule has 2 N–H and O–H groups in total. The lowest BCUT2D eigenvalue weighted by Gasteiger charge is -2.07. The number of fused-ring (bicyclic) bond motifs is 1. The minimum atomic E-state index is 0.139. The molecule has 2 heterocycles. The van der Waals surface area contributed by atoms with E-state index in [1.807, 2.05) is 13.0 Å². The Hall–Kier alpha value is -1.42. The Bertz CT molecular complexity index is 459. The summed E-state index contributed by atoms with van der Waals surface area (Å²) in [4.78, 5) is 8.62. The van der Waals surface area contributed by atoms with Crippen LogP contribution in [0.25, 0.3) is 11.0 Å². The van der Waals surface area contributed by atoms with Gasteiger partial charge in [-0.25, -0.2) is 4.98 Å². The molecule has 15 heavy (non-hydrogen) atoms. The number of hydrogen-bond donors (Lipinski definition) is 1. The molecule has 0 aliphatic heterocycles. The minimum Gasteiger partial charge on any atom is -0.328 e. The van der Waals surface area contributed by atoms with Crippen molar-refractivity contribution >= 4 is 11.0 Å². The maximum Gasteiger partial charge on any atom is 0.111 e. The minimum absolute atomic E-state index is 0.139. The summed E-state index contributed by atoms with van der Waals surface area (Å²) in [7, 11) is 0. The average Bonchev–Trinajstić information content (AvgIpc) is 2.53. The van der Waals surface area contributed by atoms with E-state index in [1.54, 1.807) is 12.4 Å². The predicted octanol–water partition coefficient (Wildman–Crippen LogP) is 1.34. The van der Waals surface area contributed by atoms with E-state index in [9.17, 15) is 0 Å². The van der Waals surface area contributed by atoms with Crippen LogP contribution in [0.15, 0.2) is 18.5 Å². The van der Waals surface area contributed by atoms with Crippen molar-refractivity contribution in [2.45, 2.75) is 32.9 Å². The number of aromatic nitrogens is 3. The summed E-state index contributed by atoms with van der Waals surface area (Å²) in [6.45, 7) is 5.03. The molecule has 80 valence electrons. The van der Waals surface area contributed by atoms with Crippen LogP contribution in [0.5, 0.6) is 0 Å². The van der Waals surface area contributed by atoms with Crippen molar-refractivity contribution in [1.82, 2.24) is 14.5 Å². The number of nitrogens with two attached hydrogens (primary N) is 1. The lowest BCUT2D eigenvalue weighted by atomic mass is 10.2. The summed E-state index contributed by atoms with van der Waals surface area (Å²) in [5.74, 6) is 1.05. The Balaban J connectivity index is 2.54. The Morgan fingerprint density at radius 2 is 2.33 bits per heavy atom. The highest BCUT2D eigenvalue weighted by molar-refractivity contribution is 5.74. The van der Waals surface area contributed by atoms with E-state index in [2.05, 4.69) is 21.5 Å². The van der Waals surface area contributed by atoms with Gasteiger partial charge in [0.2, 0.25) is 0 Å². The first-order valence-corrected chi connectivity index (χ1v) is 5.27. The first kappa shape index (κ1) is 10.1. The van der Waals surface area contributed by atoms with Gasteiger partial charge in [-0.15, -0.1) is 0 Å². The van der Waals surface area contributed by atoms with Gasteiger partial charge in [0.1, 0.15) is 11.3 Å². The van der Waals surface area contributed by atoms with Gasteiger partial charge in [0, 0.05) is 25.2 Å². The fourth-order valence-corrected chi connectivity index (χ4v) is 1.83. The fourth-order valence-electron chi connectivity index (χ4n) is 1.83. The van der Waals surface area contributed by atoms with Crippen molar-refractivity contribution in [3.05, 3.63) is 24.3 Å². The molecule has 2 aromatic heterocycles. The standard InChI is InChI=1S/C11H16N4/c1-3-15-10-4-5-13-7-9(10)14-11(15)6-8(2)12/h4-5,7-8H,3,6,12H2,1-2H3. The van der Waals surface area contributed by atoms with Gasteiger partial charge in [-0.05, 0) is 19.9 Å². The fraction of sp³-hybridized carbons (Fsp3) is 0.455. The highest BCUT2D eigenvalue weighted by Crippen LogP contribution is 2.15. The zero-order valence-electron chi connectivity index (χ0n) is 9.14. The van der Waals surface area contributed by atoms with E-state index in [1.165, 1.54) is 0 Å². The maximum atomic E-state index is 5.80. The second kappa shape index (κ2) is 3.98. The molecule has 4 heteroatoms. The van der Waals surface area contributed by atoms with Gasteiger partial charge in [-0.1, -0.05) is 0 Å². The molecule has 0 amide bonds. The highest BCUT2D eigenvalue weighted by atomic mass is 15.1. The van der Waals surface area contributed by atoms with Crippen LogP contribution in [-0.2, 0) is 13.0 Å². The van der Waals surface area contributed by atoms with E-state index < -0.39 is 0 Å². The van der Waals surface area contributed by atoms with Gasteiger partial charge in [0.05, 0.1) is 11.7 Å². The molecule has 0 aliphatic rings. The van der Waals surface area contributed by atoms with Crippen LogP contribution < -0.4 is 5.73 Å². The Kier molecular flexibility index (Phi) is 2.68. The quantitative estimate of drug-likeness (QED) is 0.820. The van der Waals surface area contributed by atoms with Crippen molar-refractivity contribution in [2.75, 3.05) is 0 Å². The number of nitrogens with zero attached hydrogens (tertiary/aromatic N) is 3. The van der Waals surface area contributed by atoms with Gasteiger partial charge in [0.25, 0.3) is 0 Å². The number of rotatable bonds is 3. The molecular weight excluding hydrogens is 188 g/mol.